The van der Waals surface area contributed by atoms with Gasteiger partial charge in [0.1, 0.15) is 0 Å². The summed E-state index contributed by atoms with van der Waals surface area (Å²) in [6.07, 6.45) is 5.45. The van der Waals surface area contributed by atoms with Crippen molar-refractivity contribution in [3.8, 4) is 0 Å². The number of amides is 1. The van der Waals surface area contributed by atoms with Crippen LogP contribution in [0.5, 0.6) is 0 Å². The lowest BCUT2D eigenvalue weighted by Gasteiger charge is -2.37. The predicted molar refractivity (Wildman–Crippen MR) is 86.8 cm³/mol. The molecular weight excluding hydrogens is 278 g/mol. The van der Waals surface area contributed by atoms with E-state index in [-0.39, 0.29) is 0 Å². The van der Waals surface area contributed by atoms with E-state index < -0.39 is 0 Å². The number of nitrogens with one attached hydrogen (secondary N) is 1. The van der Waals surface area contributed by atoms with Crippen LogP contribution in [0.4, 0.5) is 0 Å². The first-order valence-corrected chi connectivity index (χ1v) is 9.10. The third-order valence-corrected chi connectivity index (χ3v) is 5.51. The molecule has 5 heteroatoms. The van der Waals surface area contributed by atoms with Crippen LogP contribution in [0, 0.1) is 11.8 Å². The Morgan fingerprint density at radius 3 is 2.50 bits per heavy atom. The molecule has 0 aliphatic carbocycles. The molecule has 22 heavy (non-hydrogen) atoms. The van der Waals surface area contributed by atoms with Gasteiger partial charge in [0.25, 0.3) is 0 Å². The van der Waals surface area contributed by atoms with Gasteiger partial charge in [-0.15, -0.1) is 0 Å². The summed E-state index contributed by atoms with van der Waals surface area (Å²) in [5.74, 6) is 1.89. The van der Waals surface area contributed by atoms with Gasteiger partial charge >= 0.3 is 0 Å². The number of carbonyl (C=O) groups excluding carboxylic acids is 1. The molecule has 1 atom stereocenters. The molecule has 3 aliphatic heterocycles. The molecule has 0 aromatic rings. The van der Waals surface area contributed by atoms with E-state index in [1.165, 1.54) is 25.8 Å². The molecule has 0 radical (unpaired) electrons. The van der Waals surface area contributed by atoms with Crippen LogP contribution in [0.2, 0.25) is 0 Å². The Kier molecular flexibility index (Phi) is 6.10. The molecule has 0 spiro atoms. The average molecular weight is 309 g/mol. The van der Waals surface area contributed by atoms with Crippen LogP contribution in [-0.4, -0.2) is 74.7 Å². The van der Waals surface area contributed by atoms with E-state index in [0.29, 0.717) is 5.91 Å². The van der Waals surface area contributed by atoms with E-state index in [9.17, 15) is 4.79 Å². The van der Waals surface area contributed by atoms with Gasteiger partial charge in [0.2, 0.25) is 5.91 Å². The topological polar surface area (TPSA) is 44.8 Å². The smallest absolute Gasteiger partial charge is 0.222 e. The molecule has 3 saturated heterocycles. The van der Waals surface area contributed by atoms with Gasteiger partial charge in [-0.1, -0.05) is 0 Å². The average Bonchev–Trinajstić information content (AvgIpc) is 3.08. The lowest BCUT2D eigenvalue weighted by atomic mass is 9.99. The van der Waals surface area contributed by atoms with Crippen molar-refractivity contribution in [3.63, 3.8) is 0 Å². The number of ether oxygens (including phenoxy) is 1. The molecular formula is C17H31N3O2. The van der Waals surface area contributed by atoms with Crippen molar-refractivity contribution in [2.75, 3.05) is 59.0 Å². The lowest BCUT2D eigenvalue weighted by molar-refractivity contribution is -0.133. The van der Waals surface area contributed by atoms with Crippen molar-refractivity contribution < 1.29 is 9.53 Å². The molecule has 0 saturated carbocycles. The summed E-state index contributed by atoms with van der Waals surface area (Å²) in [6, 6.07) is 0. The second kappa shape index (κ2) is 8.27. The molecule has 3 aliphatic rings. The molecule has 0 bridgehead atoms. The molecule has 1 unspecified atom stereocenters. The highest BCUT2D eigenvalue weighted by atomic mass is 16.5. The Bertz CT molecular complexity index is 344. The van der Waals surface area contributed by atoms with Crippen LogP contribution in [0.25, 0.3) is 0 Å². The zero-order valence-corrected chi connectivity index (χ0v) is 13.8. The fourth-order valence-corrected chi connectivity index (χ4v) is 3.92. The van der Waals surface area contributed by atoms with Crippen LogP contribution < -0.4 is 5.32 Å². The van der Waals surface area contributed by atoms with Gasteiger partial charge in [-0.05, 0) is 50.6 Å². The van der Waals surface area contributed by atoms with Crippen molar-refractivity contribution in [1.29, 1.82) is 0 Å². The van der Waals surface area contributed by atoms with Gasteiger partial charge < -0.3 is 15.0 Å². The largest absolute Gasteiger partial charge is 0.381 e. The summed E-state index contributed by atoms with van der Waals surface area (Å²) >= 11 is 0. The first-order valence-electron chi connectivity index (χ1n) is 9.10. The Morgan fingerprint density at radius 1 is 1.05 bits per heavy atom. The lowest BCUT2D eigenvalue weighted by Crippen LogP contribution is -2.50. The quantitative estimate of drug-likeness (QED) is 0.821. The molecule has 0 aromatic carbocycles. The summed E-state index contributed by atoms with van der Waals surface area (Å²) in [5, 5.41) is 3.38. The van der Waals surface area contributed by atoms with E-state index >= 15 is 0 Å². The minimum atomic E-state index is 0.373. The van der Waals surface area contributed by atoms with E-state index in [0.717, 1.165) is 77.2 Å². The SMILES string of the molecule is O=C(CCC1CCNC1)N1CCN(CC2CCOCC2)CC1. The summed E-state index contributed by atoms with van der Waals surface area (Å²) in [4.78, 5) is 17.0. The summed E-state index contributed by atoms with van der Waals surface area (Å²) < 4.78 is 5.43. The van der Waals surface area contributed by atoms with Crippen molar-refractivity contribution >= 4 is 5.91 Å². The number of piperazine rings is 1. The second-order valence-electron chi connectivity index (χ2n) is 7.13. The zero-order chi connectivity index (χ0) is 15.2. The Hall–Kier alpha value is -0.650. The zero-order valence-electron chi connectivity index (χ0n) is 13.8. The van der Waals surface area contributed by atoms with Gasteiger partial charge in [0, 0.05) is 52.4 Å². The Morgan fingerprint density at radius 2 is 1.82 bits per heavy atom. The van der Waals surface area contributed by atoms with E-state index in [4.69, 9.17) is 4.74 Å². The predicted octanol–water partition coefficient (Wildman–Crippen LogP) is 0.947. The van der Waals surface area contributed by atoms with Crippen LogP contribution in [-0.2, 0) is 9.53 Å². The first kappa shape index (κ1) is 16.2. The molecule has 126 valence electrons. The Labute approximate surface area is 134 Å². The van der Waals surface area contributed by atoms with Crippen LogP contribution in [0.1, 0.15) is 32.1 Å². The van der Waals surface area contributed by atoms with Crippen molar-refractivity contribution in [2.45, 2.75) is 32.1 Å². The van der Waals surface area contributed by atoms with E-state index in [2.05, 4.69) is 15.1 Å². The summed E-state index contributed by atoms with van der Waals surface area (Å²) in [6.45, 7) is 9.23. The number of nitrogens with zero attached hydrogens (tertiary/aromatic N) is 2. The van der Waals surface area contributed by atoms with Crippen molar-refractivity contribution in [3.05, 3.63) is 0 Å². The molecule has 1 N–H and O–H groups in total. The van der Waals surface area contributed by atoms with Crippen molar-refractivity contribution in [2.24, 2.45) is 11.8 Å². The van der Waals surface area contributed by atoms with Gasteiger partial charge in [-0.2, -0.15) is 0 Å². The molecule has 0 aromatic heterocycles. The molecule has 1 amide bonds. The van der Waals surface area contributed by atoms with Crippen LogP contribution in [0.15, 0.2) is 0 Å². The monoisotopic (exact) mass is 309 g/mol. The van der Waals surface area contributed by atoms with Gasteiger partial charge in [-0.25, -0.2) is 0 Å². The van der Waals surface area contributed by atoms with Gasteiger partial charge in [-0.3, -0.25) is 9.69 Å². The fourth-order valence-electron chi connectivity index (χ4n) is 3.92. The molecule has 3 fully saturated rings. The minimum absolute atomic E-state index is 0.373. The highest BCUT2D eigenvalue weighted by molar-refractivity contribution is 5.76. The summed E-state index contributed by atoms with van der Waals surface area (Å²) in [7, 11) is 0. The number of hydrogen-bond donors (Lipinski definition) is 1. The molecule has 3 rings (SSSR count). The van der Waals surface area contributed by atoms with E-state index in [1.54, 1.807) is 0 Å². The first-order chi connectivity index (χ1) is 10.8. The standard InChI is InChI=1S/C17H31N3O2/c21-17(2-1-15-3-6-18-13-15)20-9-7-19(8-10-20)14-16-4-11-22-12-5-16/h15-16,18H,1-14H2. The van der Waals surface area contributed by atoms with Crippen molar-refractivity contribution in [1.82, 2.24) is 15.1 Å². The maximum atomic E-state index is 12.3. The van der Waals surface area contributed by atoms with Gasteiger partial charge in [0.05, 0.1) is 0 Å². The third kappa shape index (κ3) is 4.67. The number of carbonyl (C=O) groups is 1. The van der Waals surface area contributed by atoms with Gasteiger partial charge in [0.15, 0.2) is 0 Å². The highest BCUT2D eigenvalue weighted by Crippen LogP contribution is 2.18. The second-order valence-corrected chi connectivity index (χ2v) is 7.13. The normalized spacial score (nSPS) is 28.2. The molecule has 5 nitrogen and oxygen atoms in total. The Balaban J connectivity index is 1.32. The third-order valence-electron chi connectivity index (χ3n) is 5.51. The van der Waals surface area contributed by atoms with Crippen LogP contribution >= 0.6 is 0 Å². The molecule has 3 heterocycles. The minimum Gasteiger partial charge on any atom is -0.381 e. The highest BCUT2D eigenvalue weighted by Gasteiger charge is 2.24. The number of hydrogen-bond acceptors (Lipinski definition) is 4. The maximum Gasteiger partial charge on any atom is 0.222 e. The number of rotatable bonds is 5. The fraction of sp³-hybridized carbons (Fsp3) is 0.941. The van der Waals surface area contributed by atoms with E-state index in [1.807, 2.05) is 0 Å². The van der Waals surface area contributed by atoms with Crippen LogP contribution in [0.3, 0.4) is 0 Å². The maximum absolute atomic E-state index is 12.3. The summed E-state index contributed by atoms with van der Waals surface area (Å²) in [5.41, 5.74) is 0.